The van der Waals surface area contributed by atoms with Crippen LogP contribution in [0, 0.1) is 6.92 Å². The number of phenolic OH excluding ortho intramolecular Hbond substituents is 1. The van der Waals surface area contributed by atoms with E-state index in [1.165, 1.54) is 4.80 Å². The number of fused-ring (bicyclic) bond motifs is 2. The van der Waals surface area contributed by atoms with Crippen molar-refractivity contribution in [3.8, 4) is 11.4 Å². The standard InChI is InChI=1S/C25H22N4O3/c1-14-17(25(2,3)4)13-20(28-23(31)15-9-5-6-10-16(15)24(28)32)22(30)21(14)29-26-18-11-7-8-12-19(18)27-29/h5-13,30H,1-4H3. The number of hydrogen-bond donors (Lipinski definition) is 1. The van der Waals surface area contributed by atoms with Crippen LogP contribution in [0.2, 0.25) is 0 Å². The van der Waals surface area contributed by atoms with Crippen LogP contribution in [0.15, 0.2) is 54.6 Å². The van der Waals surface area contributed by atoms with Gasteiger partial charge in [0.05, 0.1) is 16.8 Å². The quantitative estimate of drug-likeness (QED) is 0.476. The maximum atomic E-state index is 13.2. The molecular weight excluding hydrogens is 404 g/mol. The molecule has 0 saturated carbocycles. The van der Waals surface area contributed by atoms with Crippen LogP contribution in [0.5, 0.6) is 5.75 Å². The van der Waals surface area contributed by atoms with E-state index in [1.54, 1.807) is 30.3 Å². The largest absolute Gasteiger partial charge is 0.504 e. The lowest BCUT2D eigenvalue weighted by Crippen LogP contribution is -2.30. The minimum absolute atomic E-state index is 0.128. The number of hydrogen-bond acceptors (Lipinski definition) is 5. The van der Waals surface area contributed by atoms with Gasteiger partial charge in [0.25, 0.3) is 11.8 Å². The second-order valence-electron chi connectivity index (χ2n) is 8.98. The number of imide groups is 1. The van der Waals surface area contributed by atoms with Crippen LogP contribution in [0.4, 0.5) is 5.69 Å². The van der Waals surface area contributed by atoms with Crippen LogP contribution in [0.3, 0.4) is 0 Å². The average Bonchev–Trinajstić information content (AvgIpc) is 3.27. The summed E-state index contributed by atoms with van der Waals surface area (Å²) in [7, 11) is 0. The van der Waals surface area contributed by atoms with Gasteiger partial charge in [0.1, 0.15) is 16.7 Å². The first-order valence-electron chi connectivity index (χ1n) is 10.4. The molecule has 1 N–H and O–H groups in total. The third-order valence-corrected chi connectivity index (χ3v) is 5.84. The third kappa shape index (κ3) is 2.81. The number of aromatic nitrogens is 3. The molecule has 1 aliphatic heterocycles. The van der Waals surface area contributed by atoms with E-state index in [0.29, 0.717) is 27.8 Å². The second kappa shape index (κ2) is 6.75. The first kappa shape index (κ1) is 19.9. The van der Waals surface area contributed by atoms with Crippen molar-refractivity contribution in [3.63, 3.8) is 0 Å². The van der Waals surface area contributed by atoms with Gasteiger partial charge in [-0.1, -0.05) is 45.0 Å². The number of phenols is 1. The molecule has 3 aromatic carbocycles. The Morgan fingerprint density at radius 1 is 0.844 bits per heavy atom. The Labute approximate surface area is 184 Å². The van der Waals surface area contributed by atoms with Crippen molar-refractivity contribution in [1.29, 1.82) is 0 Å². The molecule has 0 radical (unpaired) electrons. The Morgan fingerprint density at radius 3 is 1.84 bits per heavy atom. The second-order valence-corrected chi connectivity index (χ2v) is 8.98. The molecule has 2 amide bonds. The van der Waals surface area contributed by atoms with Crippen molar-refractivity contribution in [2.75, 3.05) is 4.90 Å². The van der Waals surface area contributed by atoms with Gasteiger partial charge in [-0.15, -0.1) is 15.0 Å². The highest BCUT2D eigenvalue weighted by atomic mass is 16.3. The molecule has 32 heavy (non-hydrogen) atoms. The fraction of sp³-hybridized carbons (Fsp3) is 0.200. The maximum absolute atomic E-state index is 13.2. The molecule has 5 rings (SSSR count). The summed E-state index contributed by atoms with van der Waals surface area (Å²) in [4.78, 5) is 28.7. The molecule has 160 valence electrons. The molecule has 0 aliphatic carbocycles. The van der Waals surface area contributed by atoms with Crippen LogP contribution in [-0.4, -0.2) is 31.9 Å². The van der Waals surface area contributed by atoms with Crippen molar-refractivity contribution in [2.24, 2.45) is 0 Å². The van der Waals surface area contributed by atoms with Crippen LogP contribution in [-0.2, 0) is 5.41 Å². The molecule has 0 unspecified atom stereocenters. The van der Waals surface area contributed by atoms with Gasteiger partial charge in [0, 0.05) is 0 Å². The lowest BCUT2D eigenvalue weighted by Gasteiger charge is -2.27. The zero-order chi connectivity index (χ0) is 22.8. The van der Waals surface area contributed by atoms with Crippen molar-refractivity contribution in [3.05, 3.63) is 76.9 Å². The molecule has 0 atom stereocenters. The number of rotatable bonds is 2. The highest BCUT2D eigenvalue weighted by Crippen LogP contribution is 2.43. The van der Waals surface area contributed by atoms with Crippen molar-refractivity contribution < 1.29 is 14.7 Å². The van der Waals surface area contributed by atoms with Gasteiger partial charge in [-0.3, -0.25) is 9.59 Å². The fourth-order valence-electron chi connectivity index (χ4n) is 4.30. The van der Waals surface area contributed by atoms with Gasteiger partial charge in [0.15, 0.2) is 5.75 Å². The van der Waals surface area contributed by atoms with Gasteiger partial charge in [-0.05, 0) is 53.8 Å². The Balaban J connectivity index is 1.79. The molecule has 0 spiro atoms. The lowest BCUT2D eigenvalue weighted by molar-refractivity contribution is 0.0925. The van der Waals surface area contributed by atoms with E-state index in [1.807, 2.05) is 52.0 Å². The molecule has 7 nitrogen and oxygen atoms in total. The van der Waals surface area contributed by atoms with E-state index < -0.39 is 11.8 Å². The number of amides is 2. The van der Waals surface area contributed by atoms with Gasteiger partial charge < -0.3 is 5.11 Å². The number of aromatic hydroxyl groups is 1. The lowest BCUT2D eigenvalue weighted by atomic mass is 9.83. The van der Waals surface area contributed by atoms with Crippen LogP contribution in [0.25, 0.3) is 16.7 Å². The molecule has 0 bridgehead atoms. The molecule has 0 saturated heterocycles. The highest BCUT2D eigenvalue weighted by Gasteiger charge is 2.39. The Hall–Kier alpha value is -4.00. The van der Waals surface area contributed by atoms with E-state index in [9.17, 15) is 14.7 Å². The summed E-state index contributed by atoms with van der Waals surface area (Å²) in [5.41, 5.74) is 3.78. The van der Waals surface area contributed by atoms with Crippen LogP contribution in [0.1, 0.15) is 52.6 Å². The Morgan fingerprint density at radius 2 is 1.34 bits per heavy atom. The van der Waals surface area contributed by atoms with Gasteiger partial charge in [0.2, 0.25) is 0 Å². The summed E-state index contributed by atoms with van der Waals surface area (Å²) >= 11 is 0. The summed E-state index contributed by atoms with van der Waals surface area (Å²) in [5.74, 6) is -1.14. The SMILES string of the molecule is Cc1c(C(C)(C)C)cc(N2C(=O)c3ccccc3C2=O)c(O)c1-n1nc2ccccc2n1. The zero-order valence-electron chi connectivity index (χ0n) is 18.2. The van der Waals surface area contributed by atoms with Crippen molar-refractivity contribution >= 4 is 28.5 Å². The minimum Gasteiger partial charge on any atom is -0.504 e. The third-order valence-electron chi connectivity index (χ3n) is 5.84. The fourth-order valence-corrected chi connectivity index (χ4v) is 4.30. The number of nitrogens with zero attached hydrogens (tertiary/aromatic N) is 4. The normalized spacial score (nSPS) is 13.8. The van der Waals surface area contributed by atoms with Crippen molar-refractivity contribution in [2.45, 2.75) is 33.1 Å². The molecule has 2 heterocycles. The highest BCUT2D eigenvalue weighted by molar-refractivity contribution is 6.35. The van der Waals surface area contributed by atoms with E-state index >= 15 is 0 Å². The van der Waals surface area contributed by atoms with Gasteiger partial charge >= 0.3 is 0 Å². The number of benzene rings is 3. The molecule has 1 aliphatic rings. The minimum atomic E-state index is -0.464. The van der Waals surface area contributed by atoms with E-state index in [0.717, 1.165) is 16.0 Å². The number of anilines is 1. The molecule has 1 aromatic heterocycles. The van der Waals surface area contributed by atoms with E-state index in [4.69, 9.17) is 0 Å². The summed E-state index contributed by atoms with van der Waals surface area (Å²) < 4.78 is 0. The zero-order valence-corrected chi connectivity index (χ0v) is 18.2. The molecule has 0 fully saturated rings. The maximum Gasteiger partial charge on any atom is 0.266 e. The first-order chi connectivity index (χ1) is 15.2. The Bertz CT molecular complexity index is 1360. The monoisotopic (exact) mass is 426 g/mol. The molecule has 4 aromatic rings. The summed E-state index contributed by atoms with van der Waals surface area (Å²) in [6, 6.07) is 15.8. The van der Waals surface area contributed by atoms with Crippen molar-refractivity contribution in [1.82, 2.24) is 15.0 Å². The Kier molecular flexibility index (Phi) is 4.20. The van der Waals surface area contributed by atoms with Crippen LogP contribution >= 0.6 is 0 Å². The molecule has 7 heteroatoms. The summed E-state index contributed by atoms with van der Waals surface area (Å²) in [5, 5.41) is 20.4. The predicted molar refractivity (Wildman–Crippen MR) is 122 cm³/mol. The number of carbonyl (C=O) groups is 2. The smallest absolute Gasteiger partial charge is 0.266 e. The van der Waals surface area contributed by atoms with E-state index in [-0.39, 0.29) is 16.9 Å². The first-order valence-corrected chi connectivity index (χ1v) is 10.4. The topological polar surface area (TPSA) is 88.3 Å². The molecular formula is C25H22N4O3. The summed E-state index contributed by atoms with van der Waals surface area (Å²) in [6.45, 7) is 8.00. The summed E-state index contributed by atoms with van der Waals surface area (Å²) in [6.07, 6.45) is 0. The van der Waals surface area contributed by atoms with Gasteiger partial charge in [-0.25, -0.2) is 4.90 Å². The van der Waals surface area contributed by atoms with E-state index in [2.05, 4.69) is 10.2 Å². The van der Waals surface area contributed by atoms with Crippen LogP contribution < -0.4 is 4.90 Å². The number of carbonyl (C=O) groups excluding carboxylic acids is 2. The van der Waals surface area contributed by atoms with Gasteiger partial charge in [-0.2, -0.15) is 0 Å². The predicted octanol–water partition coefficient (Wildman–Crippen LogP) is 4.53. The average molecular weight is 426 g/mol.